The van der Waals surface area contributed by atoms with Gasteiger partial charge in [0, 0.05) is 44.6 Å². The van der Waals surface area contributed by atoms with E-state index in [0.717, 1.165) is 38.4 Å². The molecule has 0 bridgehead atoms. The van der Waals surface area contributed by atoms with Crippen LogP contribution in [0.15, 0.2) is 0 Å². The van der Waals surface area contributed by atoms with E-state index in [2.05, 4.69) is 22.8 Å². The first-order valence-corrected chi connectivity index (χ1v) is 5.18. The fraction of sp³-hybridized carbons (Fsp3) is 1.00. The van der Waals surface area contributed by atoms with E-state index in [0.29, 0.717) is 6.04 Å². The van der Waals surface area contributed by atoms with Crippen LogP contribution in [0, 0.1) is 0 Å². The molecule has 0 aromatic rings. The van der Waals surface area contributed by atoms with E-state index in [1.54, 1.807) is 0 Å². The summed E-state index contributed by atoms with van der Waals surface area (Å²) in [6.07, 6.45) is 0.876. The second-order valence-corrected chi connectivity index (χ2v) is 3.58. The van der Waals surface area contributed by atoms with Crippen molar-refractivity contribution in [3.05, 3.63) is 0 Å². The molecular formula is C8H18N2OS. The van der Waals surface area contributed by atoms with Crippen LogP contribution in [-0.2, 0) is 0 Å². The molecular weight excluding hydrogens is 172 g/mol. The van der Waals surface area contributed by atoms with Crippen LogP contribution in [0.5, 0.6) is 0 Å². The van der Waals surface area contributed by atoms with Crippen molar-refractivity contribution < 1.29 is 5.11 Å². The summed E-state index contributed by atoms with van der Waals surface area (Å²) in [5.74, 6) is 0.905. The van der Waals surface area contributed by atoms with Crippen LogP contribution >= 0.6 is 12.6 Å². The third-order valence-corrected chi connectivity index (χ3v) is 2.52. The number of nitrogens with one attached hydrogen (secondary N) is 1. The molecule has 0 spiro atoms. The van der Waals surface area contributed by atoms with Crippen molar-refractivity contribution in [1.82, 2.24) is 10.2 Å². The van der Waals surface area contributed by atoms with Gasteiger partial charge in [0.2, 0.25) is 0 Å². The zero-order valence-electron chi connectivity index (χ0n) is 7.37. The molecule has 1 atom stereocenters. The van der Waals surface area contributed by atoms with Crippen molar-refractivity contribution in [3.8, 4) is 0 Å². The van der Waals surface area contributed by atoms with Gasteiger partial charge in [-0.1, -0.05) is 0 Å². The van der Waals surface area contributed by atoms with Crippen molar-refractivity contribution >= 4 is 12.6 Å². The number of hydrogen-bond acceptors (Lipinski definition) is 4. The molecule has 72 valence electrons. The lowest BCUT2D eigenvalue weighted by Gasteiger charge is -2.35. The minimum absolute atomic E-state index is 0.287. The maximum Gasteiger partial charge on any atom is 0.0446 e. The van der Waals surface area contributed by atoms with E-state index in [9.17, 15) is 0 Å². The fourth-order valence-corrected chi connectivity index (χ4v) is 1.92. The molecule has 12 heavy (non-hydrogen) atoms. The van der Waals surface area contributed by atoms with E-state index in [1.807, 2.05) is 0 Å². The number of nitrogens with zero attached hydrogens (tertiary/aromatic N) is 1. The average Bonchev–Trinajstić information content (AvgIpc) is 2.09. The summed E-state index contributed by atoms with van der Waals surface area (Å²) in [6, 6.07) is 0.510. The summed E-state index contributed by atoms with van der Waals surface area (Å²) in [5.41, 5.74) is 0. The molecule has 1 aliphatic heterocycles. The Morgan fingerprint density at radius 2 is 2.42 bits per heavy atom. The van der Waals surface area contributed by atoms with Crippen LogP contribution < -0.4 is 5.32 Å². The van der Waals surface area contributed by atoms with E-state index in [1.165, 1.54) is 0 Å². The minimum Gasteiger partial charge on any atom is -0.396 e. The molecule has 4 heteroatoms. The minimum atomic E-state index is 0.287. The van der Waals surface area contributed by atoms with Crippen LogP contribution in [-0.4, -0.2) is 54.6 Å². The molecule has 1 unspecified atom stereocenters. The second kappa shape index (κ2) is 5.80. The molecule has 1 rings (SSSR count). The number of hydrogen-bond donors (Lipinski definition) is 3. The summed E-state index contributed by atoms with van der Waals surface area (Å²) in [4.78, 5) is 2.40. The van der Waals surface area contributed by atoms with Gasteiger partial charge in [0.05, 0.1) is 0 Å². The number of piperazine rings is 1. The molecule has 1 saturated heterocycles. The Hall–Kier alpha value is 0.230. The van der Waals surface area contributed by atoms with Gasteiger partial charge < -0.3 is 10.4 Å². The first kappa shape index (κ1) is 10.3. The van der Waals surface area contributed by atoms with Crippen molar-refractivity contribution in [3.63, 3.8) is 0 Å². The third-order valence-electron chi connectivity index (χ3n) is 2.32. The van der Waals surface area contributed by atoms with Crippen molar-refractivity contribution in [2.75, 3.05) is 38.5 Å². The Morgan fingerprint density at radius 1 is 1.58 bits per heavy atom. The highest BCUT2D eigenvalue weighted by Crippen LogP contribution is 2.06. The van der Waals surface area contributed by atoms with Crippen molar-refractivity contribution in [1.29, 1.82) is 0 Å². The molecule has 0 saturated carbocycles. The lowest BCUT2D eigenvalue weighted by Crippen LogP contribution is -2.52. The lowest BCUT2D eigenvalue weighted by atomic mass is 10.1. The van der Waals surface area contributed by atoms with Gasteiger partial charge in [-0.05, 0) is 6.42 Å². The Morgan fingerprint density at radius 3 is 3.08 bits per heavy atom. The Bertz CT molecular complexity index is 106. The number of rotatable bonds is 4. The Labute approximate surface area is 79.5 Å². The summed E-state index contributed by atoms with van der Waals surface area (Å²) in [7, 11) is 0. The lowest BCUT2D eigenvalue weighted by molar-refractivity contribution is 0.138. The number of aliphatic hydroxyl groups excluding tert-OH is 1. The molecule has 0 aromatic carbocycles. The molecule has 2 N–H and O–H groups in total. The maximum atomic E-state index is 8.83. The summed E-state index contributed by atoms with van der Waals surface area (Å²) >= 11 is 4.21. The molecule has 1 fully saturated rings. The van der Waals surface area contributed by atoms with Gasteiger partial charge in [0.25, 0.3) is 0 Å². The predicted molar refractivity (Wildman–Crippen MR) is 53.8 cm³/mol. The second-order valence-electron chi connectivity index (χ2n) is 3.13. The number of aliphatic hydroxyl groups is 1. The molecule has 0 amide bonds. The normalized spacial score (nSPS) is 26.0. The van der Waals surface area contributed by atoms with Gasteiger partial charge in [-0.3, -0.25) is 4.90 Å². The van der Waals surface area contributed by atoms with Gasteiger partial charge in [0.1, 0.15) is 0 Å². The molecule has 1 heterocycles. The van der Waals surface area contributed by atoms with Crippen LogP contribution in [0.25, 0.3) is 0 Å². The highest BCUT2D eigenvalue weighted by molar-refractivity contribution is 7.80. The van der Waals surface area contributed by atoms with Gasteiger partial charge >= 0.3 is 0 Å². The van der Waals surface area contributed by atoms with Crippen LogP contribution in [0.4, 0.5) is 0 Å². The molecule has 1 aliphatic rings. The molecule has 0 aromatic heterocycles. The quantitative estimate of drug-likeness (QED) is 0.527. The monoisotopic (exact) mass is 190 g/mol. The molecule has 3 nitrogen and oxygen atoms in total. The van der Waals surface area contributed by atoms with E-state index in [-0.39, 0.29) is 6.61 Å². The number of thiol groups is 1. The van der Waals surface area contributed by atoms with Crippen LogP contribution in [0.2, 0.25) is 0 Å². The smallest absolute Gasteiger partial charge is 0.0446 e. The van der Waals surface area contributed by atoms with Crippen molar-refractivity contribution in [2.24, 2.45) is 0 Å². The van der Waals surface area contributed by atoms with Gasteiger partial charge in [-0.15, -0.1) is 0 Å². The van der Waals surface area contributed by atoms with E-state index in [4.69, 9.17) is 5.11 Å². The van der Waals surface area contributed by atoms with Gasteiger partial charge in [-0.25, -0.2) is 0 Å². The maximum absolute atomic E-state index is 8.83. The van der Waals surface area contributed by atoms with Gasteiger partial charge in [0.15, 0.2) is 0 Å². The van der Waals surface area contributed by atoms with E-state index < -0.39 is 0 Å². The summed E-state index contributed by atoms with van der Waals surface area (Å²) in [6.45, 7) is 4.49. The predicted octanol–water partition coefficient (Wildman–Crippen LogP) is -0.428. The Kier molecular flexibility index (Phi) is 4.99. The van der Waals surface area contributed by atoms with E-state index >= 15 is 0 Å². The zero-order chi connectivity index (χ0) is 8.81. The molecule has 0 aliphatic carbocycles. The van der Waals surface area contributed by atoms with Crippen LogP contribution in [0.1, 0.15) is 6.42 Å². The standard InChI is InChI=1S/C8H18N2OS/c11-5-1-8-7-9-2-3-10(8)4-6-12/h8-9,11-12H,1-7H2. The highest BCUT2D eigenvalue weighted by Gasteiger charge is 2.20. The SMILES string of the molecule is OCCC1CNCCN1CCS. The van der Waals surface area contributed by atoms with Gasteiger partial charge in [-0.2, -0.15) is 12.6 Å². The highest BCUT2D eigenvalue weighted by atomic mass is 32.1. The summed E-state index contributed by atoms with van der Waals surface area (Å²) < 4.78 is 0. The molecule has 0 radical (unpaired) electrons. The first-order chi connectivity index (χ1) is 5.88. The average molecular weight is 190 g/mol. The van der Waals surface area contributed by atoms with Crippen LogP contribution in [0.3, 0.4) is 0 Å². The summed E-state index contributed by atoms with van der Waals surface area (Å²) in [5, 5.41) is 12.2. The Balaban J connectivity index is 2.31. The fourth-order valence-electron chi connectivity index (χ4n) is 1.66. The van der Waals surface area contributed by atoms with Crippen molar-refractivity contribution in [2.45, 2.75) is 12.5 Å². The topological polar surface area (TPSA) is 35.5 Å². The third kappa shape index (κ3) is 2.94. The first-order valence-electron chi connectivity index (χ1n) is 4.55. The largest absolute Gasteiger partial charge is 0.396 e. The zero-order valence-corrected chi connectivity index (χ0v) is 8.26.